The van der Waals surface area contributed by atoms with Crippen molar-refractivity contribution >= 4 is 33.2 Å². The lowest BCUT2D eigenvalue weighted by atomic mass is 10.2. The summed E-state index contributed by atoms with van der Waals surface area (Å²) in [4.78, 5) is 3.88. The van der Waals surface area contributed by atoms with E-state index in [0.29, 0.717) is 10.8 Å². The van der Waals surface area contributed by atoms with E-state index in [1.165, 1.54) is 0 Å². The molecule has 1 aromatic rings. The molecule has 2 N–H and O–H groups in total. The first-order valence-electron chi connectivity index (χ1n) is 3.70. The number of nitrogen functional groups attached to an aromatic ring is 1. The summed E-state index contributed by atoms with van der Waals surface area (Å²) in [5.41, 5.74) is 6.81. The molecule has 0 radical (unpaired) electrons. The Morgan fingerprint density at radius 1 is 1.62 bits per heavy atom. The highest BCUT2D eigenvalue weighted by molar-refractivity contribution is 9.09. The van der Waals surface area contributed by atoms with Crippen LogP contribution >= 0.6 is 27.5 Å². The van der Waals surface area contributed by atoms with E-state index in [4.69, 9.17) is 17.3 Å². The molecular formula is C9H8BrClN2. The summed E-state index contributed by atoms with van der Waals surface area (Å²) in [6, 6.07) is 1.72. The molecule has 0 saturated carbocycles. The smallest absolute Gasteiger partial charge is 0.151 e. The number of hydrogen-bond acceptors (Lipinski definition) is 2. The molecule has 0 aromatic carbocycles. The zero-order valence-electron chi connectivity index (χ0n) is 6.85. The van der Waals surface area contributed by atoms with Gasteiger partial charge in [-0.05, 0) is 6.07 Å². The van der Waals surface area contributed by atoms with Gasteiger partial charge in [-0.3, -0.25) is 0 Å². The molecule has 1 rings (SSSR count). The third-order valence-corrected chi connectivity index (χ3v) is 2.03. The third kappa shape index (κ3) is 3.25. The number of halogens is 2. The van der Waals surface area contributed by atoms with E-state index in [1.54, 1.807) is 12.3 Å². The first kappa shape index (κ1) is 10.4. The van der Waals surface area contributed by atoms with Crippen molar-refractivity contribution in [3.63, 3.8) is 0 Å². The Hall–Kier alpha value is -0.720. The Balaban J connectivity index is 2.81. The minimum absolute atomic E-state index is 0.325. The number of nitrogens with two attached hydrogens (primary N) is 1. The van der Waals surface area contributed by atoms with Crippen LogP contribution in [0.5, 0.6) is 0 Å². The maximum Gasteiger partial charge on any atom is 0.151 e. The highest BCUT2D eigenvalue weighted by Gasteiger charge is 1.96. The summed E-state index contributed by atoms with van der Waals surface area (Å²) in [7, 11) is 0. The topological polar surface area (TPSA) is 38.9 Å². The van der Waals surface area contributed by atoms with Gasteiger partial charge in [-0.2, -0.15) is 0 Å². The van der Waals surface area contributed by atoms with Gasteiger partial charge < -0.3 is 5.73 Å². The van der Waals surface area contributed by atoms with Gasteiger partial charge in [0.05, 0.1) is 5.69 Å². The average molecular weight is 260 g/mol. The van der Waals surface area contributed by atoms with Crippen LogP contribution in [0.25, 0.3) is 0 Å². The van der Waals surface area contributed by atoms with E-state index in [2.05, 4.69) is 32.8 Å². The second kappa shape index (κ2) is 5.11. The van der Waals surface area contributed by atoms with Crippen molar-refractivity contribution in [3.05, 3.63) is 23.0 Å². The van der Waals surface area contributed by atoms with Crippen LogP contribution in [0.1, 0.15) is 12.0 Å². The van der Waals surface area contributed by atoms with Crippen molar-refractivity contribution in [1.82, 2.24) is 4.98 Å². The zero-order chi connectivity index (χ0) is 9.68. The lowest BCUT2D eigenvalue weighted by molar-refractivity contribution is 1.30. The molecule has 0 unspecified atom stereocenters. The number of hydrogen-bond donors (Lipinski definition) is 1. The standard InChI is InChI=1S/C9H8BrClN2/c10-4-2-1-3-7-5-8(12)9(11)13-6-7/h5-6H,2,4,12H2. The van der Waals surface area contributed by atoms with Crippen LogP contribution in [0.2, 0.25) is 5.15 Å². The Morgan fingerprint density at radius 2 is 2.38 bits per heavy atom. The summed E-state index contributed by atoms with van der Waals surface area (Å²) in [6.07, 6.45) is 2.42. The van der Waals surface area contributed by atoms with Crippen molar-refractivity contribution in [2.24, 2.45) is 0 Å². The fraction of sp³-hybridized carbons (Fsp3) is 0.222. The highest BCUT2D eigenvalue weighted by atomic mass is 79.9. The van der Waals surface area contributed by atoms with E-state index < -0.39 is 0 Å². The Labute approximate surface area is 90.6 Å². The fourth-order valence-corrected chi connectivity index (χ4v) is 1.05. The lowest BCUT2D eigenvalue weighted by Gasteiger charge is -1.95. The number of anilines is 1. The molecule has 0 aliphatic rings. The molecule has 0 aliphatic heterocycles. The summed E-state index contributed by atoms with van der Waals surface area (Å²) < 4.78 is 0. The van der Waals surface area contributed by atoms with Crippen molar-refractivity contribution in [2.75, 3.05) is 11.1 Å². The number of aromatic nitrogens is 1. The van der Waals surface area contributed by atoms with Gasteiger partial charge in [0.15, 0.2) is 5.15 Å². The van der Waals surface area contributed by atoms with Crippen LogP contribution in [0.15, 0.2) is 12.3 Å². The number of alkyl halides is 1. The van der Waals surface area contributed by atoms with Gasteiger partial charge >= 0.3 is 0 Å². The predicted octanol–water partition coefficient (Wildman–Crippen LogP) is 2.45. The number of pyridine rings is 1. The fourth-order valence-electron chi connectivity index (χ4n) is 0.745. The van der Waals surface area contributed by atoms with E-state index in [-0.39, 0.29) is 0 Å². The van der Waals surface area contributed by atoms with Gasteiger partial charge in [-0.15, -0.1) is 0 Å². The molecule has 0 atom stereocenters. The van der Waals surface area contributed by atoms with Gasteiger partial charge in [0.25, 0.3) is 0 Å². The molecule has 1 heterocycles. The van der Waals surface area contributed by atoms with Crippen molar-refractivity contribution in [2.45, 2.75) is 6.42 Å². The van der Waals surface area contributed by atoms with Crippen LogP contribution in [0.3, 0.4) is 0 Å². The van der Waals surface area contributed by atoms with E-state index in [0.717, 1.165) is 17.3 Å². The van der Waals surface area contributed by atoms with Gasteiger partial charge in [-0.25, -0.2) is 4.98 Å². The molecule has 0 fully saturated rings. The maximum absolute atomic E-state index is 5.65. The first-order valence-corrected chi connectivity index (χ1v) is 5.20. The van der Waals surface area contributed by atoms with Crippen LogP contribution in [0.4, 0.5) is 5.69 Å². The van der Waals surface area contributed by atoms with Gasteiger partial charge in [0, 0.05) is 23.5 Å². The summed E-state index contributed by atoms with van der Waals surface area (Å²) in [5.74, 6) is 5.89. The summed E-state index contributed by atoms with van der Waals surface area (Å²) in [5, 5.41) is 1.20. The highest BCUT2D eigenvalue weighted by Crippen LogP contribution is 2.15. The van der Waals surface area contributed by atoms with Gasteiger partial charge in [0.2, 0.25) is 0 Å². The molecule has 0 bridgehead atoms. The van der Waals surface area contributed by atoms with Crippen molar-refractivity contribution in [1.29, 1.82) is 0 Å². The van der Waals surface area contributed by atoms with Crippen molar-refractivity contribution in [3.8, 4) is 11.8 Å². The molecule has 0 aliphatic carbocycles. The third-order valence-electron chi connectivity index (χ3n) is 1.32. The molecule has 2 nitrogen and oxygen atoms in total. The second-order valence-corrected chi connectivity index (χ2v) is 3.50. The minimum atomic E-state index is 0.325. The maximum atomic E-state index is 5.65. The van der Waals surface area contributed by atoms with Gasteiger partial charge in [-0.1, -0.05) is 39.4 Å². The van der Waals surface area contributed by atoms with E-state index in [9.17, 15) is 0 Å². The first-order chi connectivity index (χ1) is 6.24. The van der Waals surface area contributed by atoms with E-state index in [1.807, 2.05) is 0 Å². The Kier molecular flexibility index (Phi) is 4.07. The lowest BCUT2D eigenvalue weighted by Crippen LogP contribution is -1.90. The normalized spacial score (nSPS) is 9.08. The van der Waals surface area contributed by atoms with Crippen LogP contribution in [0, 0.1) is 11.8 Å². The molecular weight excluding hydrogens is 251 g/mol. The monoisotopic (exact) mass is 258 g/mol. The van der Waals surface area contributed by atoms with Crippen molar-refractivity contribution < 1.29 is 0 Å². The Bertz CT molecular complexity index is 354. The van der Waals surface area contributed by atoms with Crippen LogP contribution in [-0.4, -0.2) is 10.3 Å². The molecule has 0 spiro atoms. The number of nitrogens with zero attached hydrogens (tertiary/aromatic N) is 1. The molecule has 13 heavy (non-hydrogen) atoms. The molecule has 1 aromatic heterocycles. The Morgan fingerprint density at radius 3 is 3.00 bits per heavy atom. The molecule has 0 saturated heterocycles. The van der Waals surface area contributed by atoms with Crippen LogP contribution < -0.4 is 5.73 Å². The SMILES string of the molecule is Nc1cc(C#CCCBr)cnc1Cl. The number of rotatable bonds is 1. The molecule has 0 amide bonds. The largest absolute Gasteiger partial charge is 0.396 e. The quantitative estimate of drug-likeness (QED) is 0.478. The van der Waals surface area contributed by atoms with Gasteiger partial charge in [0.1, 0.15) is 0 Å². The summed E-state index contributed by atoms with van der Waals surface area (Å²) in [6.45, 7) is 0. The second-order valence-electron chi connectivity index (χ2n) is 2.34. The average Bonchev–Trinajstić information content (AvgIpc) is 2.12. The van der Waals surface area contributed by atoms with E-state index >= 15 is 0 Å². The molecule has 4 heteroatoms. The zero-order valence-corrected chi connectivity index (χ0v) is 9.19. The minimum Gasteiger partial charge on any atom is -0.396 e. The summed E-state index contributed by atoms with van der Waals surface area (Å²) >= 11 is 8.94. The molecule has 68 valence electrons. The van der Waals surface area contributed by atoms with Crippen LogP contribution in [-0.2, 0) is 0 Å². The predicted molar refractivity (Wildman–Crippen MR) is 58.9 cm³/mol.